The molecule has 2 atom stereocenters. The highest BCUT2D eigenvalue weighted by Gasteiger charge is 2.53. The maximum atomic E-state index is 13.5. The van der Waals surface area contributed by atoms with Crippen LogP contribution >= 0.6 is 0 Å². The van der Waals surface area contributed by atoms with E-state index in [4.69, 9.17) is 9.47 Å². The molecule has 0 saturated carbocycles. The van der Waals surface area contributed by atoms with Gasteiger partial charge in [-0.05, 0) is 28.3 Å². The van der Waals surface area contributed by atoms with Crippen LogP contribution in [0.2, 0.25) is 0 Å². The number of carbonyl (C=O) groups is 2. The summed E-state index contributed by atoms with van der Waals surface area (Å²) in [5.74, 6) is -1.16. The molecule has 4 heteroatoms. The minimum Gasteiger partial charge on any atom is -0.457 e. The largest absolute Gasteiger partial charge is 0.457 e. The molecule has 0 N–H and O–H groups in total. The number of allylic oxidation sites excluding steroid dienone is 1. The lowest BCUT2D eigenvalue weighted by Crippen LogP contribution is -2.49. The van der Waals surface area contributed by atoms with Gasteiger partial charge in [-0.3, -0.25) is 9.59 Å². The highest BCUT2D eigenvalue weighted by Crippen LogP contribution is 2.52. The Balaban J connectivity index is 1.60. The topological polar surface area (TPSA) is 52.6 Å². The quantitative estimate of drug-likeness (QED) is 0.555. The van der Waals surface area contributed by atoms with Gasteiger partial charge in [0.1, 0.15) is 6.10 Å². The van der Waals surface area contributed by atoms with Crippen molar-refractivity contribution >= 4 is 22.3 Å². The summed E-state index contributed by atoms with van der Waals surface area (Å²) in [4.78, 5) is 26.9. The van der Waals surface area contributed by atoms with Gasteiger partial charge < -0.3 is 9.47 Å². The van der Waals surface area contributed by atoms with Crippen LogP contribution in [-0.4, -0.2) is 17.4 Å². The predicted molar refractivity (Wildman–Crippen MR) is 117 cm³/mol. The average molecular weight is 410 g/mol. The average Bonchev–Trinajstić information content (AvgIpc) is 2.81. The predicted octanol–water partition coefficient (Wildman–Crippen LogP) is 5.70. The fraction of sp³-hybridized carbons (Fsp3) is 0.259. The first-order valence-electron chi connectivity index (χ1n) is 10.9. The highest BCUT2D eigenvalue weighted by molar-refractivity contribution is 6.26. The molecule has 4 nitrogen and oxygen atoms in total. The molecular weight excluding hydrogens is 388 g/mol. The Morgan fingerprint density at radius 2 is 1.68 bits per heavy atom. The van der Waals surface area contributed by atoms with E-state index in [2.05, 4.69) is 25.1 Å². The molecular formula is C27H22O4. The van der Waals surface area contributed by atoms with Crippen molar-refractivity contribution in [2.75, 3.05) is 0 Å². The van der Waals surface area contributed by atoms with Gasteiger partial charge in [0.05, 0.1) is 5.57 Å². The molecule has 0 spiro atoms. The number of Topliss-reactive ketones (excluding diaryl/α,β-unsaturated/α-hetero) is 2. The second kappa shape index (κ2) is 6.63. The van der Waals surface area contributed by atoms with Crippen LogP contribution in [0.1, 0.15) is 64.1 Å². The molecule has 1 aliphatic carbocycles. The van der Waals surface area contributed by atoms with E-state index in [-0.39, 0.29) is 17.3 Å². The number of rotatable bonds is 3. The van der Waals surface area contributed by atoms with Crippen LogP contribution in [0.3, 0.4) is 0 Å². The third-order valence-corrected chi connectivity index (χ3v) is 6.71. The molecule has 0 fully saturated rings. The van der Waals surface area contributed by atoms with Crippen molar-refractivity contribution < 1.29 is 19.1 Å². The normalized spacial score (nSPS) is 23.8. The monoisotopic (exact) mass is 410 g/mol. The van der Waals surface area contributed by atoms with E-state index in [1.165, 1.54) is 0 Å². The Bertz CT molecular complexity index is 1300. The Morgan fingerprint density at radius 3 is 2.48 bits per heavy atom. The zero-order valence-corrected chi connectivity index (χ0v) is 17.3. The summed E-state index contributed by atoms with van der Waals surface area (Å²) in [6.45, 7) is 2.12. The van der Waals surface area contributed by atoms with Crippen molar-refractivity contribution in [2.45, 2.75) is 44.5 Å². The molecule has 0 amide bonds. The molecule has 2 heterocycles. The lowest BCUT2D eigenvalue weighted by molar-refractivity contribution is -0.258. The molecule has 0 saturated heterocycles. The Hall–Kier alpha value is -3.24. The summed E-state index contributed by atoms with van der Waals surface area (Å²) in [5.41, 5.74) is 3.29. The fourth-order valence-corrected chi connectivity index (χ4v) is 5.20. The Labute approximate surface area is 180 Å². The summed E-state index contributed by atoms with van der Waals surface area (Å²) >= 11 is 0. The number of benzene rings is 3. The zero-order valence-electron chi connectivity index (χ0n) is 17.3. The van der Waals surface area contributed by atoms with Gasteiger partial charge in [-0.1, -0.05) is 74.0 Å². The lowest BCUT2D eigenvalue weighted by Gasteiger charge is -2.48. The second-order valence-electron chi connectivity index (χ2n) is 8.59. The van der Waals surface area contributed by atoms with Crippen molar-refractivity contribution in [3.63, 3.8) is 0 Å². The minimum atomic E-state index is -0.932. The van der Waals surface area contributed by atoms with E-state index in [1.54, 1.807) is 24.3 Å². The van der Waals surface area contributed by atoms with Gasteiger partial charge in [0, 0.05) is 24.0 Å². The maximum Gasteiger partial charge on any atom is 0.228 e. The molecule has 31 heavy (non-hydrogen) atoms. The summed E-state index contributed by atoms with van der Waals surface area (Å²) < 4.78 is 12.9. The van der Waals surface area contributed by atoms with E-state index < -0.39 is 11.9 Å². The van der Waals surface area contributed by atoms with Crippen molar-refractivity contribution in [3.8, 4) is 0 Å². The van der Waals surface area contributed by atoms with E-state index in [0.29, 0.717) is 29.5 Å². The number of hydrogen-bond acceptors (Lipinski definition) is 4. The van der Waals surface area contributed by atoms with Crippen LogP contribution in [0.15, 0.2) is 72.0 Å². The number of carbonyl (C=O) groups excluding carboxylic acids is 2. The number of fused-ring (bicyclic) bond motifs is 8. The summed E-state index contributed by atoms with van der Waals surface area (Å²) in [6, 6.07) is 19.4. The van der Waals surface area contributed by atoms with Gasteiger partial charge >= 0.3 is 0 Å². The van der Waals surface area contributed by atoms with Crippen molar-refractivity contribution in [2.24, 2.45) is 0 Å². The van der Waals surface area contributed by atoms with Crippen molar-refractivity contribution in [1.82, 2.24) is 0 Å². The van der Waals surface area contributed by atoms with Crippen LogP contribution in [0.25, 0.3) is 10.8 Å². The van der Waals surface area contributed by atoms with Crippen LogP contribution in [0.4, 0.5) is 0 Å². The summed E-state index contributed by atoms with van der Waals surface area (Å²) in [6.07, 6.45) is 2.53. The summed E-state index contributed by atoms with van der Waals surface area (Å²) in [7, 11) is 0. The second-order valence-corrected chi connectivity index (χ2v) is 8.59. The van der Waals surface area contributed by atoms with Gasteiger partial charge in [-0.2, -0.15) is 0 Å². The van der Waals surface area contributed by atoms with Gasteiger partial charge in [0.2, 0.25) is 11.6 Å². The van der Waals surface area contributed by atoms with E-state index >= 15 is 0 Å². The first-order valence-corrected chi connectivity index (χ1v) is 10.9. The fourth-order valence-electron chi connectivity index (χ4n) is 5.20. The van der Waals surface area contributed by atoms with Gasteiger partial charge in [-0.15, -0.1) is 0 Å². The third-order valence-electron chi connectivity index (χ3n) is 6.71. The van der Waals surface area contributed by atoms with Gasteiger partial charge in [0.15, 0.2) is 11.5 Å². The van der Waals surface area contributed by atoms with E-state index in [0.717, 1.165) is 34.7 Å². The zero-order chi connectivity index (χ0) is 21.2. The van der Waals surface area contributed by atoms with Crippen molar-refractivity contribution in [3.05, 3.63) is 94.2 Å². The van der Waals surface area contributed by atoms with Crippen LogP contribution in [-0.2, 0) is 15.9 Å². The number of ether oxygens (including phenoxy) is 2. The first-order chi connectivity index (χ1) is 15.1. The molecule has 3 aromatic rings. The molecule has 154 valence electrons. The molecule has 2 aliphatic heterocycles. The molecule has 2 unspecified atom stereocenters. The standard InChI is InChI=1S/C27H22O4/c1-2-3-14-27-15-21-17-9-5-4-8-16(17)12-13-20(21)25(30-27)22-23(28)18-10-6-7-11-19(18)24(29)26(22)31-27/h4-13,25H,2-3,14-15H2,1H3. The number of unbranched alkanes of at least 4 members (excludes halogenated alkanes) is 1. The molecule has 0 aromatic heterocycles. The molecule has 0 radical (unpaired) electrons. The van der Waals surface area contributed by atoms with E-state index in [9.17, 15) is 9.59 Å². The molecule has 3 aliphatic rings. The molecule has 3 aromatic carbocycles. The van der Waals surface area contributed by atoms with Crippen LogP contribution < -0.4 is 0 Å². The highest BCUT2D eigenvalue weighted by atomic mass is 16.7. The number of ketones is 2. The third kappa shape index (κ3) is 2.58. The van der Waals surface area contributed by atoms with Crippen LogP contribution in [0.5, 0.6) is 0 Å². The van der Waals surface area contributed by atoms with Gasteiger partial charge in [-0.25, -0.2) is 0 Å². The Morgan fingerprint density at radius 1 is 0.935 bits per heavy atom. The Kier molecular flexibility index (Phi) is 3.96. The molecule has 2 bridgehead atoms. The summed E-state index contributed by atoms with van der Waals surface area (Å²) in [5, 5.41) is 2.30. The van der Waals surface area contributed by atoms with Crippen LogP contribution in [0, 0.1) is 0 Å². The maximum absolute atomic E-state index is 13.5. The lowest BCUT2D eigenvalue weighted by atomic mass is 9.77. The first kappa shape index (κ1) is 18.5. The smallest absolute Gasteiger partial charge is 0.228 e. The van der Waals surface area contributed by atoms with Crippen molar-refractivity contribution in [1.29, 1.82) is 0 Å². The van der Waals surface area contributed by atoms with Gasteiger partial charge in [0.25, 0.3) is 0 Å². The SMILES string of the molecule is CCCCC12Cc3c(ccc4ccccc34)C(O1)C1=C(O2)C(=O)c2ccccc2C1=O. The number of hydrogen-bond donors (Lipinski definition) is 0. The molecule has 6 rings (SSSR count). The minimum absolute atomic E-state index is 0.176. The van der Waals surface area contributed by atoms with E-state index in [1.807, 2.05) is 18.2 Å².